The lowest BCUT2D eigenvalue weighted by molar-refractivity contribution is 0.403. The number of aryl methyl sites for hydroxylation is 1. The number of pyridine rings is 1. The van der Waals surface area contributed by atoms with Gasteiger partial charge in [0.15, 0.2) is 11.5 Å². The SMILES string of the molecule is CCCc1nc2c(NS(=O)(=O)c3cc(Cl)ccc3OC)cccn2n1. The minimum absolute atomic E-state index is 0.0437. The predicted molar refractivity (Wildman–Crippen MR) is 95.8 cm³/mol. The van der Waals surface area contributed by atoms with E-state index in [1.54, 1.807) is 28.9 Å². The molecule has 2 aromatic heterocycles. The Morgan fingerprint density at radius 3 is 2.84 bits per heavy atom. The van der Waals surface area contributed by atoms with Crippen LogP contribution >= 0.6 is 11.6 Å². The summed E-state index contributed by atoms with van der Waals surface area (Å²) in [6, 6.07) is 7.75. The van der Waals surface area contributed by atoms with Crippen LogP contribution in [-0.4, -0.2) is 30.1 Å². The molecule has 0 amide bonds. The normalized spacial score (nSPS) is 11.6. The van der Waals surface area contributed by atoms with Crippen LogP contribution in [0.4, 0.5) is 5.69 Å². The lowest BCUT2D eigenvalue weighted by atomic mass is 10.3. The molecule has 3 aromatic rings. The summed E-state index contributed by atoms with van der Waals surface area (Å²) in [6.45, 7) is 2.03. The van der Waals surface area contributed by atoms with Crippen LogP contribution in [0, 0.1) is 0 Å². The van der Waals surface area contributed by atoms with Gasteiger partial charge in [-0.3, -0.25) is 4.72 Å². The van der Waals surface area contributed by atoms with Crippen LogP contribution in [0.2, 0.25) is 5.02 Å². The number of fused-ring (bicyclic) bond motifs is 1. The Morgan fingerprint density at radius 2 is 2.12 bits per heavy atom. The Bertz CT molecular complexity index is 1020. The first-order chi connectivity index (χ1) is 11.9. The second kappa shape index (κ2) is 6.89. The molecule has 1 aromatic carbocycles. The lowest BCUT2D eigenvalue weighted by Gasteiger charge is -2.12. The first-order valence-corrected chi connectivity index (χ1v) is 9.51. The fourth-order valence-electron chi connectivity index (χ4n) is 2.42. The average Bonchev–Trinajstić information content (AvgIpc) is 2.99. The van der Waals surface area contributed by atoms with E-state index < -0.39 is 10.0 Å². The Morgan fingerprint density at radius 1 is 1.32 bits per heavy atom. The van der Waals surface area contributed by atoms with E-state index in [-0.39, 0.29) is 10.6 Å². The highest BCUT2D eigenvalue weighted by Gasteiger charge is 2.22. The van der Waals surface area contributed by atoms with Crippen LogP contribution in [-0.2, 0) is 16.4 Å². The minimum atomic E-state index is -3.91. The van der Waals surface area contributed by atoms with Gasteiger partial charge in [0.1, 0.15) is 10.6 Å². The molecule has 0 saturated heterocycles. The molecule has 0 spiro atoms. The zero-order valence-electron chi connectivity index (χ0n) is 13.7. The van der Waals surface area contributed by atoms with E-state index >= 15 is 0 Å². The van der Waals surface area contributed by atoms with Crippen molar-refractivity contribution in [2.75, 3.05) is 11.8 Å². The van der Waals surface area contributed by atoms with Gasteiger partial charge in [-0.15, -0.1) is 0 Å². The third-order valence-electron chi connectivity index (χ3n) is 3.54. The van der Waals surface area contributed by atoms with Crippen LogP contribution in [0.25, 0.3) is 5.65 Å². The van der Waals surface area contributed by atoms with Gasteiger partial charge in [-0.2, -0.15) is 5.10 Å². The smallest absolute Gasteiger partial charge is 0.265 e. The highest BCUT2D eigenvalue weighted by molar-refractivity contribution is 7.92. The number of nitrogens with one attached hydrogen (secondary N) is 1. The molecule has 7 nitrogen and oxygen atoms in total. The van der Waals surface area contributed by atoms with E-state index in [9.17, 15) is 8.42 Å². The molecule has 0 radical (unpaired) electrons. The number of benzene rings is 1. The van der Waals surface area contributed by atoms with Crippen molar-refractivity contribution in [3.8, 4) is 5.75 Å². The van der Waals surface area contributed by atoms with Gasteiger partial charge in [-0.1, -0.05) is 18.5 Å². The molecule has 0 aliphatic rings. The summed E-state index contributed by atoms with van der Waals surface area (Å²) in [5.74, 6) is 0.867. The molecular weight excluding hydrogens is 364 g/mol. The van der Waals surface area contributed by atoms with E-state index in [2.05, 4.69) is 14.8 Å². The number of ether oxygens (including phenoxy) is 1. The van der Waals surface area contributed by atoms with Crippen molar-refractivity contribution in [1.82, 2.24) is 14.6 Å². The van der Waals surface area contributed by atoms with Crippen LogP contribution in [0.3, 0.4) is 0 Å². The van der Waals surface area contributed by atoms with Crippen LogP contribution in [0.1, 0.15) is 19.2 Å². The van der Waals surface area contributed by atoms with E-state index in [4.69, 9.17) is 16.3 Å². The van der Waals surface area contributed by atoms with Gasteiger partial charge in [0.25, 0.3) is 10.0 Å². The molecule has 0 atom stereocenters. The molecule has 3 rings (SSSR count). The molecule has 1 N–H and O–H groups in total. The van der Waals surface area contributed by atoms with Crippen molar-refractivity contribution >= 4 is 33.0 Å². The molecule has 2 heterocycles. The number of methoxy groups -OCH3 is 1. The number of rotatable bonds is 6. The van der Waals surface area contributed by atoms with Crippen molar-refractivity contribution in [2.24, 2.45) is 0 Å². The highest BCUT2D eigenvalue weighted by atomic mass is 35.5. The number of sulfonamides is 1. The first-order valence-electron chi connectivity index (χ1n) is 7.65. The maximum atomic E-state index is 12.8. The van der Waals surface area contributed by atoms with Crippen LogP contribution in [0.5, 0.6) is 5.75 Å². The van der Waals surface area contributed by atoms with Gasteiger partial charge in [0.2, 0.25) is 0 Å². The Hall–Kier alpha value is -2.32. The molecule has 0 saturated carbocycles. The quantitative estimate of drug-likeness (QED) is 0.710. The van der Waals surface area contributed by atoms with E-state index in [1.165, 1.54) is 19.2 Å². The number of nitrogens with zero attached hydrogens (tertiary/aromatic N) is 3. The van der Waals surface area contributed by atoms with Crippen LogP contribution < -0.4 is 9.46 Å². The van der Waals surface area contributed by atoms with Crippen molar-refractivity contribution in [3.63, 3.8) is 0 Å². The van der Waals surface area contributed by atoms with Gasteiger partial charge in [-0.25, -0.2) is 17.9 Å². The second-order valence-corrected chi connectivity index (χ2v) is 7.46. The highest BCUT2D eigenvalue weighted by Crippen LogP contribution is 2.29. The largest absolute Gasteiger partial charge is 0.495 e. The summed E-state index contributed by atoms with van der Waals surface area (Å²) in [7, 11) is -2.51. The van der Waals surface area contributed by atoms with E-state index in [0.29, 0.717) is 22.2 Å². The van der Waals surface area contributed by atoms with Gasteiger partial charge >= 0.3 is 0 Å². The molecule has 132 valence electrons. The number of anilines is 1. The molecular formula is C16H17ClN4O3S. The fraction of sp³-hybridized carbons (Fsp3) is 0.250. The predicted octanol–water partition coefficient (Wildman–Crippen LogP) is 3.14. The van der Waals surface area contributed by atoms with E-state index in [1.807, 2.05) is 6.92 Å². The average molecular weight is 381 g/mol. The maximum absolute atomic E-state index is 12.8. The van der Waals surface area contributed by atoms with Gasteiger partial charge in [0.05, 0.1) is 12.8 Å². The molecule has 0 unspecified atom stereocenters. The summed E-state index contributed by atoms with van der Waals surface area (Å²) in [5, 5.41) is 4.64. The van der Waals surface area contributed by atoms with Crippen molar-refractivity contribution in [1.29, 1.82) is 0 Å². The summed E-state index contributed by atoms with van der Waals surface area (Å²) in [5.41, 5.74) is 0.773. The zero-order valence-corrected chi connectivity index (χ0v) is 15.3. The Kier molecular flexibility index (Phi) is 4.82. The second-order valence-electron chi connectivity index (χ2n) is 5.37. The summed E-state index contributed by atoms with van der Waals surface area (Å²) < 4.78 is 34.8. The fourth-order valence-corrected chi connectivity index (χ4v) is 3.91. The first kappa shape index (κ1) is 17.5. The molecule has 0 aliphatic heterocycles. The monoisotopic (exact) mass is 380 g/mol. The number of hydrogen-bond donors (Lipinski definition) is 1. The van der Waals surface area contributed by atoms with Gasteiger partial charge < -0.3 is 4.74 Å². The van der Waals surface area contributed by atoms with Crippen molar-refractivity contribution in [2.45, 2.75) is 24.7 Å². The number of hydrogen-bond acceptors (Lipinski definition) is 5. The Balaban J connectivity index is 2.04. The topological polar surface area (TPSA) is 85.6 Å². The molecule has 0 fully saturated rings. The zero-order chi connectivity index (χ0) is 18.0. The molecule has 0 aliphatic carbocycles. The molecule has 0 bridgehead atoms. The van der Waals surface area contributed by atoms with Gasteiger partial charge in [0, 0.05) is 17.6 Å². The number of aromatic nitrogens is 3. The van der Waals surface area contributed by atoms with Crippen molar-refractivity contribution in [3.05, 3.63) is 47.4 Å². The molecule has 25 heavy (non-hydrogen) atoms. The summed E-state index contributed by atoms with van der Waals surface area (Å²) >= 11 is 5.94. The van der Waals surface area contributed by atoms with Crippen molar-refractivity contribution < 1.29 is 13.2 Å². The standard InChI is InChI=1S/C16H17ClN4O3S/c1-3-5-15-18-16-12(6-4-9-21(16)19-15)20-25(22,23)14-10-11(17)7-8-13(14)24-2/h4,6-10,20H,3,5H2,1-2H3. The lowest BCUT2D eigenvalue weighted by Crippen LogP contribution is -2.15. The summed E-state index contributed by atoms with van der Waals surface area (Å²) in [6.07, 6.45) is 3.34. The third-order valence-corrected chi connectivity index (χ3v) is 5.16. The third kappa shape index (κ3) is 3.54. The van der Waals surface area contributed by atoms with E-state index in [0.717, 1.165) is 12.8 Å². The van der Waals surface area contributed by atoms with Gasteiger partial charge in [-0.05, 0) is 36.8 Å². The summed E-state index contributed by atoms with van der Waals surface area (Å²) in [4.78, 5) is 4.36. The Labute approximate surface area is 150 Å². The molecule has 9 heteroatoms. The number of halogens is 1. The minimum Gasteiger partial charge on any atom is -0.495 e. The maximum Gasteiger partial charge on any atom is 0.265 e. The van der Waals surface area contributed by atoms with Crippen LogP contribution in [0.15, 0.2) is 41.4 Å².